The summed E-state index contributed by atoms with van der Waals surface area (Å²) in [4.78, 5) is 16.3. The first-order valence-corrected chi connectivity index (χ1v) is 9.99. The summed E-state index contributed by atoms with van der Waals surface area (Å²) >= 11 is 0. The van der Waals surface area contributed by atoms with E-state index in [2.05, 4.69) is 61.7 Å². The number of imidazole rings is 1. The Morgan fingerprint density at radius 3 is 1.97 bits per heavy atom. The SMILES string of the molecule is COc1ccc(C(Nc2ncnc3nc[nH]c23)(c2ccccc2)c2ccccc2)cc1. The molecule has 0 atom stereocenters. The molecule has 0 radical (unpaired) electrons. The Morgan fingerprint density at radius 1 is 0.742 bits per heavy atom. The number of rotatable bonds is 6. The number of hydrogen-bond acceptors (Lipinski definition) is 5. The molecule has 0 unspecified atom stereocenters. The molecule has 0 amide bonds. The fraction of sp³-hybridized carbons (Fsp3) is 0.0800. The van der Waals surface area contributed by atoms with Gasteiger partial charge in [-0.15, -0.1) is 0 Å². The number of methoxy groups -OCH3 is 1. The highest BCUT2D eigenvalue weighted by atomic mass is 16.5. The van der Waals surface area contributed by atoms with Gasteiger partial charge in [-0.1, -0.05) is 72.8 Å². The van der Waals surface area contributed by atoms with Crippen molar-refractivity contribution in [3.8, 4) is 5.75 Å². The van der Waals surface area contributed by atoms with Crippen molar-refractivity contribution in [3.05, 3.63) is 114 Å². The largest absolute Gasteiger partial charge is 0.497 e. The van der Waals surface area contributed by atoms with Crippen molar-refractivity contribution < 1.29 is 4.74 Å². The molecule has 0 aliphatic carbocycles. The van der Waals surface area contributed by atoms with Crippen LogP contribution in [-0.4, -0.2) is 27.0 Å². The average molecular weight is 407 g/mol. The predicted octanol–water partition coefficient (Wildman–Crippen LogP) is 4.77. The minimum absolute atomic E-state index is 0.613. The average Bonchev–Trinajstić information content (AvgIpc) is 3.34. The standard InChI is InChI=1S/C25H21N5O/c1-31-21-14-12-20(13-15-21)25(18-8-4-2-5-9-18,19-10-6-3-7-11-19)30-24-22-23(27-16-26-22)28-17-29-24/h2-17H,1H3,(H2,26,27,28,29,30). The van der Waals surface area contributed by atoms with E-state index in [0.717, 1.165) is 28.0 Å². The summed E-state index contributed by atoms with van der Waals surface area (Å²) in [5, 5.41) is 3.74. The zero-order valence-corrected chi connectivity index (χ0v) is 17.0. The molecule has 31 heavy (non-hydrogen) atoms. The number of fused-ring (bicyclic) bond motifs is 1. The van der Waals surface area contributed by atoms with E-state index in [-0.39, 0.29) is 0 Å². The molecule has 0 saturated carbocycles. The van der Waals surface area contributed by atoms with Gasteiger partial charge >= 0.3 is 0 Å². The van der Waals surface area contributed by atoms with Gasteiger partial charge in [-0.05, 0) is 28.8 Å². The number of aromatic nitrogens is 4. The molecule has 0 fully saturated rings. The first kappa shape index (κ1) is 18.8. The second-order valence-corrected chi connectivity index (χ2v) is 7.16. The zero-order valence-electron chi connectivity index (χ0n) is 17.0. The van der Waals surface area contributed by atoms with Crippen LogP contribution in [0.25, 0.3) is 11.2 Å². The van der Waals surface area contributed by atoms with Gasteiger partial charge < -0.3 is 15.0 Å². The quantitative estimate of drug-likeness (QED) is 0.397. The van der Waals surface area contributed by atoms with Crippen LogP contribution in [0.15, 0.2) is 97.6 Å². The molecule has 0 aliphatic heterocycles. The summed E-state index contributed by atoms with van der Waals surface area (Å²) in [6.45, 7) is 0. The number of hydrogen-bond donors (Lipinski definition) is 2. The minimum atomic E-state index is -0.707. The first-order chi connectivity index (χ1) is 15.3. The lowest BCUT2D eigenvalue weighted by Crippen LogP contribution is -2.38. The number of aromatic amines is 1. The number of anilines is 1. The van der Waals surface area contributed by atoms with Crippen molar-refractivity contribution in [3.63, 3.8) is 0 Å². The van der Waals surface area contributed by atoms with Crippen molar-refractivity contribution in [2.75, 3.05) is 12.4 Å². The molecule has 0 saturated heterocycles. The molecule has 6 nitrogen and oxygen atoms in total. The van der Waals surface area contributed by atoms with E-state index >= 15 is 0 Å². The molecule has 5 rings (SSSR count). The molecular weight excluding hydrogens is 386 g/mol. The lowest BCUT2D eigenvalue weighted by Gasteiger charge is -2.37. The molecule has 3 aromatic carbocycles. The van der Waals surface area contributed by atoms with Gasteiger partial charge in [0.05, 0.1) is 13.4 Å². The van der Waals surface area contributed by atoms with E-state index in [0.29, 0.717) is 11.5 Å². The molecule has 2 heterocycles. The summed E-state index contributed by atoms with van der Waals surface area (Å²) in [5.74, 6) is 1.47. The molecule has 0 spiro atoms. The Bertz CT molecular complexity index is 1240. The highest BCUT2D eigenvalue weighted by Crippen LogP contribution is 2.40. The summed E-state index contributed by atoms with van der Waals surface area (Å²) < 4.78 is 5.40. The molecule has 152 valence electrons. The van der Waals surface area contributed by atoms with E-state index in [4.69, 9.17) is 4.74 Å². The van der Waals surface area contributed by atoms with Gasteiger partial charge in [0.2, 0.25) is 0 Å². The second-order valence-electron chi connectivity index (χ2n) is 7.16. The molecule has 0 bridgehead atoms. The number of ether oxygens (including phenoxy) is 1. The number of nitrogens with zero attached hydrogens (tertiary/aromatic N) is 3. The smallest absolute Gasteiger partial charge is 0.182 e. The van der Waals surface area contributed by atoms with Crippen LogP contribution in [0.2, 0.25) is 0 Å². The third-order valence-electron chi connectivity index (χ3n) is 5.47. The normalized spacial score (nSPS) is 11.4. The monoisotopic (exact) mass is 407 g/mol. The Kier molecular flexibility index (Phi) is 4.80. The van der Waals surface area contributed by atoms with Crippen LogP contribution in [0.5, 0.6) is 5.75 Å². The van der Waals surface area contributed by atoms with Crippen LogP contribution in [0.3, 0.4) is 0 Å². The van der Waals surface area contributed by atoms with E-state index in [1.165, 1.54) is 6.33 Å². The molecular formula is C25H21N5O. The van der Waals surface area contributed by atoms with E-state index in [1.807, 2.05) is 48.5 Å². The van der Waals surface area contributed by atoms with Gasteiger partial charge in [0.1, 0.15) is 23.1 Å². The van der Waals surface area contributed by atoms with Gasteiger partial charge in [0.15, 0.2) is 11.5 Å². The van der Waals surface area contributed by atoms with Gasteiger partial charge in [-0.3, -0.25) is 0 Å². The third kappa shape index (κ3) is 3.28. The maximum absolute atomic E-state index is 5.40. The van der Waals surface area contributed by atoms with Crippen molar-refractivity contribution in [1.82, 2.24) is 19.9 Å². The van der Waals surface area contributed by atoms with Crippen molar-refractivity contribution in [2.45, 2.75) is 5.54 Å². The third-order valence-corrected chi connectivity index (χ3v) is 5.47. The fourth-order valence-corrected chi connectivity index (χ4v) is 3.97. The highest BCUT2D eigenvalue weighted by molar-refractivity contribution is 5.83. The minimum Gasteiger partial charge on any atom is -0.497 e. The predicted molar refractivity (Wildman–Crippen MR) is 121 cm³/mol. The van der Waals surface area contributed by atoms with Gasteiger partial charge in [0.25, 0.3) is 0 Å². The topological polar surface area (TPSA) is 75.7 Å². The second kappa shape index (κ2) is 7.91. The van der Waals surface area contributed by atoms with E-state index < -0.39 is 5.54 Å². The number of H-pyrrole nitrogens is 1. The van der Waals surface area contributed by atoms with Gasteiger partial charge in [0, 0.05) is 0 Å². The summed E-state index contributed by atoms with van der Waals surface area (Å²) in [5.41, 5.74) is 3.88. The number of benzene rings is 3. The van der Waals surface area contributed by atoms with Crippen LogP contribution < -0.4 is 10.1 Å². The van der Waals surface area contributed by atoms with Crippen LogP contribution in [0.1, 0.15) is 16.7 Å². The van der Waals surface area contributed by atoms with Crippen molar-refractivity contribution in [1.29, 1.82) is 0 Å². The Morgan fingerprint density at radius 2 is 1.35 bits per heavy atom. The van der Waals surface area contributed by atoms with Gasteiger partial charge in [-0.25, -0.2) is 15.0 Å². The van der Waals surface area contributed by atoms with Gasteiger partial charge in [-0.2, -0.15) is 0 Å². The molecule has 0 aliphatic rings. The Hall–Kier alpha value is -4.19. The van der Waals surface area contributed by atoms with E-state index in [1.54, 1.807) is 13.4 Å². The molecule has 2 N–H and O–H groups in total. The maximum atomic E-state index is 5.40. The van der Waals surface area contributed by atoms with E-state index in [9.17, 15) is 0 Å². The van der Waals surface area contributed by atoms with Crippen LogP contribution in [-0.2, 0) is 5.54 Å². The lowest BCUT2D eigenvalue weighted by molar-refractivity contribution is 0.414. The lowest BCUT2D eigenvalue weighted by atomic mass is 9.77. The number of nitrogens with one attached hydrogen (secondary N) is 2. The maximum Gasteiger partial charge on any atom is 0.182 e. The Labute approximate surface area is 180 Å². The van der Waals surface area contributed by atoms with Crippen molar-refractivity contribution in [2.24, 2.45) is 0 Å². The van der Waals surface area contributed by atoms with Crippen LogP contribution in [0, 0.1) is 0 Å². The zero-order chi connectivity index (χ0) is 21.1. The summed E-state index contributed by atoms with van der Waals surface area (Å²) in [6.07, 6.45) is 3.16. The molecule has 2 aromatic heterocycles. The van der Waals surface area contributed by atoms with Crippen molar-refractivity contribution >= 4 is 17.0 Å². The Balaban J connectivity index is 1.80. The summed E-state index contributed by atoms with van der Waals surface area (Å²) in [7, 11) is 1.67. The molecule has 6 heteroatoms. The fourth-order valence-electron chi connectivity index (χ4n) is 3.97. The van der Waals surface area contributed by atoms with Crippen LogP contribution in [0.4, 0.5) is 5.82 Å². The van der Waals surface area contributed by atoms with Crippen LogP contribution >= 0.6 is 0 Å². The molecule has 5 aromatic rings. The first-order valence-electron chi connectivity index (χ1n) is 9.99. The highest BCUT2D eigenvalue weighted by Gasteiger charge is 2.37. The summed E-state index contributed by atoms with van der Waals surface area (Å²) in [6, 6.07) is 28.8.